The largest absolute Gasteiger partial charge is 0.326 e. The summed E-state index contributed by atoms with van der Waals surface area (Å²) in [6.45, 7) is 4.42. The van der Waals surface area contributed by atoms with Crippen molar-refractivity contribution < 1.29 is 8.42 Å². The molecule has 0 unspecified atom stereocenters. The summed E-state index contributed by atoms with van der Waals surface area (Å²) >= 11 is 0. The number of hydrogen-bond donors (Lipinski definition) is 2. The topological polar surface area (TPSA) is 72.2 Å². The van der Waals surface area contributed by atoms with E-state index in [2.05, 4.69) is 4.72 Å². The van der Waals surface area contributed by atoms with Crippen LogP contribution in [0.25, 0.3) is 0 Å². The second-order valence-electron chi connectivity index (χ2n) is 6.22. The Balaban J connectivity index is 2.27. The smallest absolute Gasteiger partial charge is 0.241 e. The van der Waals surface area contributed by atoms with Crippen molar-refractivity contribution in [2.75, 3.05) is 0 Å². The molecule has 0 saturated heterocycles. The Morgan fingerprint density at radius 2 is 1.86 bits per heavy atom. The van der Waals surface area contributed by atoms with Gasteiger partial charge in [-0.15, -0.1) is 0 Å². The molecule has 0 bridgehead atoms. The van der Waals surface area contributed by atoms with Crippen molar-refractivity contribution in [1.29, 1.82) is 0 Å². The molecule has 1 aromatic rings. The molecular weight excluding hydrogens is 284 g/mol. The minimum absolute atomic E-state index is 0.316. The van der Waals surface area contributed by atoms with Crippen LogP contribution < -0.4 is 10.5 Å². The molecule has 4 nitrogen and oxygen atoms in total. The van der Waals surface area contributed by atoms with Crippen LogP contribution in [-0.2, 0) is 23.0 Å². The molecule has 0 atom stereocenters. The van der Waals surface area contributed by atoms with Crippen LogP contribution >= 0.6 is 0 Å². The van der Waals surface area contributed by atoms with Crippen LogP contribution in [0.15, 0.2) is 23.1 Å². The third-order valence-corrected chi connectivity index (χ3v) is 6.06. The lowest BCUT2D eigenvalue weighted by Crippen LogP contribution is -2.47. The van der Waals surface area contributed by atoms with E-state index in [9.17, 15) is 8.42 Å². The van der Waals surface area contributed by atoms with Gasteiger partial charge in [0.05, 0.1) is 4.90 Å². The second-order valence-corrected chi connectivity index (χ2v) is 7.90. The van der Waals surface area contributed by atoms with E-state index < -0.39 is 10.0 Å². The molecule has 21 heavy (non-hydrogen) atoms. The maximum Gasteiger partial charge on any atom is 0.241 e. The predicted octanol–water partition coefficient (Wildman–Crippen LogP) is 2.71. The van der Waals surface area contributed by atoms with Gasteiger partial charge < -0.3 is 5.73 Å². The van der Waals surface area contributed by atoms with Gasteiger partial charge in [-0.3, -0.25) is 0 Å². The zero-order chi connectivity index (χ0) is 15.5. The number of hydrogen-bond acceptors (Lipinski definition) is 3. The average Bonchev–Trinajstić information content (AvgIpc) is 2.46. The summed E-state index contributed by atoms with van der Waals surface area (Å²) in [6.07, 6.45) is 6.04. The maximum atomic E-state index is 12.6. The van der Waals surface area contributed by atoms with E-state index >= 15 is 0 Å². The lowest BCUT2D eigenvalue weighted by Gasteiger charge is -2.34. The summed E-state index contributed by atoms with van der Waals surface area (Å²) in [7, 11) is -3.48. The molecule has 1 saturated carbocycles. The second kappa shape index (κ2) is 6.46. The molecule has 0 spiro atoms. The van der Waals surface area contributed by atoms with Gasteiger partial charge in [0, 0.05) is 12.1 Å². The van der Waals surface area contributed by atoms with E-state index in [1.165, 1.54) is 6.42 Å². The van der Waals surface area contributed by atoms with E-state index in [0.29, 0.717) is 11.4 Å². The molecule has 3 N–H and O–H groups in total. The number of sulfonamides is 1. The Hall–Kier alpha value is -0.910. The van der Waals surface area contributed by atoms with Gasteiger partial charge in [0.2, 0.25) is 10.0 Å². The highest BCUT2D eigenvalue weighted by Crippen LogP contribution is 2.29. The minimum Gasteiger partial charge on any atom is -0.326 e. The van der Waals surface area contributed by atoms with Gasteiger partial charge in [0.1, 0.15) is 0 Å². The maximum absolute atomic E-state index is 12.6. The first kappa shape index (κ1) is 16.5. The van der Waals surface area contributed by atoms with Crippen LogP contribution in [0.4, 0.5) is 0 Å². The van der Waals surface area contributed by atoms with Gasteiger partial charge in [-0.1, -0.05) is 32.3 Å². The molecule has 2 rings (SSSR count). The Labute approximate surface area is 128 Å². The van der Waals surface area contributed by atoms with Crippen molar-refractivity contribution >= 4 is 10.0 Å². The summed E-state index contributed by atoms with van der Waals surface area (Å²) in [5, 5.41) is 0. The molecule has 0 radical (unpaired) electrons. The molecule has 0 amide bonds. The first-order valence-electron chi connectivity index (χ1n) is 7.76. The van der Waals surface area contributed by atoms with Crippen LogP contribution in [0.1, 0.15) is 57.1 Å². The van der Waals surface area contributed by atoms with Crippen molar-refractivity contribution in [3.63, 3.8) is 0 Å². The molecule has 1 aliphatic carbocycles. The third kappa shape index (κ3) is 3.84. The van der Waals surface area contributed by atoms with E-state index in [0.717, 1.165) is 43.2 Å². The van der Waals surface area contributed by atoms with Crippen molar-refractivity contribution in [1.82, 2.24) is 4.72 Å². The molecule has 1 fully saturated rings. The van der Waals surface area contributed by atoms with Gasteiger partial charge in [0.15, 0.2) is 0 Å². The van der Waals surface area contributed by atoms with Crippen molar-refractivity contribution in [2.24, 2.45) is 5.73 Å². The highest BCUT2D eigenvalue weighted by molar-refractivity contribution is 7.89. The molecule has 1 aromatic carbocycles. The number of aryl methyl sites for hydroxylation is 1. The van der Waals surface area contributed by atoms with Gasteiger partial charge in [-0.2, -0.15) is 0 Å². The van der Waals surface area contributed by atoms with Crippen LogP contribution in [-0.4, -0.2) is 14.0 Å². The quantitative estimate of drug-likeness (QED) is 0.878. The van der Waals surface area contributed by atoms with Crippen molar-refractivity contribution in [2.45, 2.75) is 69.4 Å². The van der Waals surface area contributed by atoms with Crippen LogP contribution in [0.2, 0.25) is 0 Å². The van der Waals surface area contributed by atoms with Gasteiger partial charge in [0.25, 0.3) is 0 Å². The Morgan fingerprint density at radius 1 is 1.19 bits per heavy atom. The number of nitrogens with one attached hydrogen (secondary N) is 1. The average molecular weight is 310 g/mol. The fourth-order valence-corrected chi connectivity index (χ4v) is 4.64. The standard InChI is InChI=1S/C16H26N2O2S/c1-3-13-7-8-15(11-14(13)12-17)21(19,20)18-16(2)9-5-4-6-10-16/h7-8,11,18H,3-6,9-10,12,17H2,1-2H3. The van der Waals surface area contributed by atoms with E-state index in [1.807, 2.05) is 19.9 Å². The van der Waals surface area contributed by atoms with Crippen LogP contribution in [0, 0.1) is 0 Å². The SMILES string of the molecule is CCc1ccc(S(=O)(=O)NC2(C)CCCCC2)cc1CN. The summed E-state index contributed by atoms with van der Waals surface area (Å²) < 4.78 is 28.2. The Bertz CT molecular complexity index is 590. The molecule has 0 aliphatic heterocycles. The molecular formula is C16H26N2O2S. The van der Waals surface area contributed by atoms with E-state index in [4.69, 9.17) is 5.73 Å². The zero-order valence-corrected chi connectivity index (χ0v) is 13.8. The van der Waals surface area contributed by atoms with Crippen molar-refractivity contribution in [3.05, 3.63) is 29.3 Å². The fraction of sp³-hybridized carbons (Fsp3) is 0.625. The lowest BCUT2D eigenvalue weighted by atomic mass is 9.84. The molecule has 1 aliphatic rings. The first-order valence-corrected chi connectivity index (χ1v) is 9.24. The lowest BCUT2D eigenvalue weighted by molar-refractivity contribution is 0.294. The minimum atomic E-state index is -3.48. The Kier molecular flexibility index (Phi) is 5.07. The van der Waals surface area contributed by atoms with Gasteiger partial charge >= 0.3 is 0 Å². The molecule has 118 valence electrons. The number of benzene rings is 1. The van der Waals surface area contributed by atoms with E-state index in [1.54, 1.807) is 12.1 Å². The van der Waals surface area contributed by atoms with E-state index in [-0.39, 0.29) is 5.54 Å². The summed E-state index contributed by atoms with van der Waals surface area (Å²) in [5.74, 6) is 0. The fourth-order valence-electron chi connectivity index (χ4n) is 3.12. The predicted molar refractivity (Wildman–Crippen MR) is 85.5 cm³/mol. The molecule has 5 heteroatoms. The third-order valence-electron chi connectivity index (χ3n) is 4.43. The van der Waals surface area contributed by atoms with Crippen molar-refractivity contribution in [3.8, 4) is 0 Å². The van der Waals surface area contributed by atoms with Crippen LogP contribution in [0.3, 0.4) is 0 Å². The highest BCUT2D eigenvalue weighted by Gasteiger charge is 2.32. The first-order chi connectivity index (χ1) is 9.90. The Morgan fingerprint density at radius 3 is 2.43 bits per heavy atom. The summed E-state index contributed by atoms with van der Waals surface area (Å²) in [6, 6.07) is 5.28. The van der Waals surface area contributed by atoms with Gasteiger partial charge in [-0.25, -0.2) is 13.1 Å². The normalized spacial score (nSPS) is 18.6. The monoisotopic (exact) mass is 310 g/mol. The van der Waals surface area contributed by atoms with Gasteiger partial charge in [-0.05, 0) is 49.4 Å². The molecule has 0 heterocycles. The summed E-state index contributed by atoms with van der Waals surface area (Å²) in [5.41, 5.74) is 7.44. The number of nitrogens with two attached hydrogens (primary N) is 1. The highest BCUT2D eigenvalue weighted by atomic mass is 32.2. The van der Waals surface area contributed by atoms with Crippen LogP contribution in [0.5, 0.6) is 0 Å². The summed E-state index contributed by atoms with van der Waals surface area (Å²) in [4.78, 5) is 0.326. The number of rotatable bonds is 5. The zero-order valence-electron chi connectivity index (χ0n) is 13.0. The molecule has 0 aromatic heterocycles.